The molecule has 8 heteroatoms. The van der Waals surface area contributed by atoms with Crippen molar-refractivity contribution in [1.29, 1.82) is 0 Å². The van der Waals surface area contributed by atoms with Crippen molar-refractivity contribution in [2.75, 3.05) is 19.7 Å². The Morgan fingerprint density at radius 1 is 1.15 bits per heavy atom. The summed E-state index contributed by atoms with van der Waals surface area (Å²) in [4.78, 5) is 14.0. The Hall–Kier alpha value is -2.52. The van der Waals surface area contributed by atoms with Gasteiger partial charge in [-0.3, -0.25) is 4.79 Å². The SMILES string of the molecule is CC(OCCCNC(=O)c1cccc(S(=O)(=O)N2CCc3sccc3C2)c1)c1ccccc1. The first kappa shape index (κ1) is 23.6. The minimum atomic E-state index is -3.67. The number of sulfonamides is 1. The highest BCUT2D eigenvalue weighted by Gasteiger charge is 2.29. The molecule has 174 valence electrons. The molecule has 0 radical (unpaired) electrons. The number of carbonyl (C=O) groups is 1. The van der Waals surface area contributed by atoms with Crippen LogP contribution in [0.25, 0.3) is 0 Å². The van der Waals surface area contributed by atoms with Gasteiger partial charge in [0.25, 0.3) is 5.91 Å². The van der Waals surface area contributed by atoms with Gasteiger partial charge in [-0.15, -0.1) is 11.3 Å². The standard InChI is InChI=1S/C25H28N2O4S2/c1-19(20-7-3-2-4-8-20)31-15-6-13-26-25(28)21-9-5-10-23(17-21)33(29,30)27-14-11-24-22(18-27)12-16-32-24/h2-5,7-10,12,16-17,19H,6,11,13-15,18H2,1H3,(H,26,28). The first-order valence-electron chi connectivity index (χ1n) is 11.1. The van der Waals surface area contributed by atoms with Crippen LogP contribution in [0.1, 0.15) is 45.8 Å². The highest BCUT2D eigenvalue weighted by atomic mass is 32.2. The monoisotopic (exact) mass is 484 g/mol. The Kier molecular flexibility index (Phi) is 7.60. The number of ether oxygens (including phenoxy) is 1. The lowest BCUT2D eigenvalue weighted by atomic mass is 10.1. The third kappa shape index (κ3) is 5.70. The molecule has 33 heavy (non-hydrogen) atoms. The van der Waals surface area contributed by atoms with Crippen LogP contribution >= 0.6 is 11.3 Å². The van der Waals surface area contributed by atoms with Gasteiger partial charge >= 0.3 is 0 Å². The topological polar surface area (TPSA) is 75.7 Å². The summed E-state index contributed by atoms with van der Waals surface area (Å²) in [7, 11) is -3.67. The molecule has 3 aromatic rings. The number of nitrogens with one attached hydrogen (secondary N) is 1. The predicted molar refractivity (Wildman–Crippen MR) is 130 cm³/mol. The van der Waals surface area contributed by atoms with Gasteiger partial charge in [0.15, 0.2) is 0 Å². The van der Waals surface area contributed by atoms with E-state index in [4.69, 9.17) is 4.74 Å². The van der Waals surface area contributed by atoms with Crippen LogP contribution in [0.4, 0.5) is 0 Å². The predicted octanol–water partition coefficient (Wildman–Crippen LogP) is 4.39. The fourth-order valence-electron chi connectivity index (χ4n) is 3.83. The van der Waals surface area contributed by atoms with E-state index in [0.717, 1.165) is 17.5 Å². The lowest BCUT2D eigenvalue weighted by Crippen LogP contribution is -2.35. The third-order valence-corrected chi connectivity index (χ3v) is 8.61. The average molecular weight is 485 g/mol. The largest absolute Gasteiger partial charge is 0.374 e. The Morgan fingerprint density at radius 2 is 1.97 bits per heavy atom. The number of hydrogen-bond donors (Lipinski definition) is 1. The zero-order valence-electron chi connectivity index (χ0n) is 18.6. The molecule has 1 aliphatic rings. The van der Waals surface area contributed by atoms with Crippen LogP contribution in [0.15, 0.2) is 70.9 Å². The van der Waals surface area contributed by atoms with Crippen molar-refractivity contribution in [1.82, 2.24) is 9.62 Å². The molecule has 0 bridgehead atoms. The first-order valence-corrected chi connectivity index (χ1v) is 13.4. The van der Waals surface area contributed by atoms with E-state index in [2.05, 4.69) is 5.32 Å². The van der Waals surface area contributed by atoms with E-state index in [1.54, 1.807) is 29.5 Å². The molecule has 0 saturated heterocycles. The molecule has 4 rings (SSSR count). The van der Waals surface area contributed by atoms with Crippen LogP contribution in [0.3, 0.4) is 0 Å². The van der Waals surface area contributed by atoms with Crippen LogP contribution in [0, 0.1) is 0 Å². The lowest BCUT2D eigenvalue weighted by Gasteiger charge is -2.26. The Labute approximate surface area is 199 Å². The van der Waals surface area contributed by atoms with Crippen molar-refractivity contribution >= 4 is 27.3 Å². The van der Waals surface area contributed by atoms with Crippen LogP contribution in [0.2, 0.25) is 0 Å². The minimum Gasteiger partial charge on any atom is -0.374 e. The molecular formula is C25H28N2O4S2. The van der Waals surface area contributed by atoms with Gasteiger partial charge in [-0.05, 0) is 60.5 Å². The summed E-state index contributed by atoms with van der Waals surface area (Å²) in [6.45, 7) is 3.79. The van der Waals surface area contributed by atoms with Gasteiger partial charge in [0.05, 0.1) is 11.0 Å². The number of fused-ring (bicyclic) bond motifs is 1. The lowest BCUT2D eigenvalue weighted by molar-refractivity contribution is 0.0635. The summed E-state index contributed by atoms with van der Waals surface area (Å²) in [5, 5.41) is 4.85. The maximum atomic E-state index is 13.2. The summed E-state index contributed by atoms with van der Waals surface area (Å²) in [6, 6.07) is 18.2. The molecule has 1 amide bonds. The second-order valence-corrected chi connectivity index (χ2v) is 11.0. The Balaban J connectivity index is 1.29. The second-order valence-electron chi connectivity index (χ2n) is 8.02. The number of carbonyl (C=O) groups excluding carboxylic acids is 1. The maximum absolute atomic E-state index is 13.2. The zero-order valence-corrected chi connectivity index (χ0v) is 20.2. The summed E-state index contributed by atoms with van der Waals surface area (Å²) in [5.41, 5.74) is 2.51. The number of nitrogens with zero attached hydrogens (tertiary/aromatic N) is 1. The molecule has 0 aliphatic carbocycles. The van der Waals surface area contributed by atoms with Crippen LogP contribution < -0.4 is 5.32 Å². The first-order chi connectivity index (χ1) is 15.9. The molecule has 0 saturated carbocycles. The van der Waals surface area contributed by atoms with Gasteiger partial charge in [-0.1, -0.05) is 36.4 Å². The van der Waals surface area contributed by atoms with E-state index in [9.17, 15) is 13.2 Å². The number of benzene rings is 2. The molecular weight excluding hydrogens is 456 g/mol. The van der Waals surface area contributed by atoms with Gasteiger partial charge in [0.1, 0.15) is 0 Å². The third-order valence-electron chi connectivity index (χ3n) is 5.75. The van der Waals surface area contributed by atoms with E-state index >= 15 is 0 Å². The highest BCUT2D eigenvalue weighted by molar-refractivity contribution is 7.89. The molecule has 1 atom stereocenters. The van der Waals surface area contributed by atoms with Crippen molar-refractivity contribution in [2.24, 2.45) is 0 Å². The number of amides is 1. The molecule has 0 fully saturated rings. The molecule has 2 heterocycles. The molecule has 2 aromatic carbocycles. The number of rotatable bonds is 9. The normalized spacial score (nSPS) is 15.1. The fraction of sp³-hybridized carbons (Fsp3) is 0.320. The van der Waals surface area contributed by atoms with E-state index < -0.39 is 10.0 Å². The van der Waals surface area contributed by atoms with E-state index in [1.165, 1.54) is 15.2 Å². The molecule has 1 N–H and O–H groups in total. The van der Waals surface area contributed by atoms with Crippen molar-refractivity contribution in [3.63, 3.8) is 0 Å². The molecule has 0 spiro atoms. The van der Waals surface area contributed by atoms with Crippen molar-refractivity contribution in [3.05, 3.63) is 87.6 Å². The summed E-state index contributed by atoms with van der Waals surface area (Å²) in [5.74, 6) is -0.290. The minimum absolute atomic E-state index is 0.0104. The van der Waals surface area contributed by atoms with Gasteiger partial charge in [-0.25, -0.2) is 8.42 Å². The van der Waals surface area contributed by atoms with Crippen LogP contribution in [-0.4, -0.2) is 38.3 Å². The van der Waals surface area contributed by atoms with Gasteiger partial charge in [0, 0.05) is 36.7 Å². The summed E-state index contributed by atoms with van der Waals surface area (Å²) < 4.78 is 33.6. The Bertz CT molecular complexity index is 1190. The van der Waals surface area contributed by atoms with Crippen LogP contribution in [0.5, 0.6) is 0 Å². The van der Waals surface area contributed by atoms with Crippen molar-refractivity contribution in [3.8, 4) is 0 Å². The van der Waals surface area contributed by atoms with Gasteiger partial charge in [-0.2, -0.15) is 4.31 Å². The van der Waals surface area contributed by atoms with Crippen LogP contribution in [-0.2, 0) is 27.7 Å². The summed E-state index contributed by atoms with van der Waals surface area (Å²) >= 11 is 1.67. The van der Waals surface area contributed by atoms with Crippen molar-refractivity contribution in [2.45, 2.75) is 37.3 Å². The highest BCUT2D eigenvalue weighted by Crippen LogP contribution is 2.28. The van der Waals surface area contributed by atoms with E-state index in [-0.39, 0.29) is 16.9 Å². The quantitative estimate of drug-likeness (QED) is 0.457. The van der Waals surface area contributed by atoms with Gasteiger partial charge < -0.3 is 10.1 Å². The van der Waals surface area contributed by atoms with Gasteiger partial charge in [0.2, 0.25) is 10.0 Å². The second kappa shape index (κ2) is 10.6. The van der Waals surface area contributed by atoms with E-state index in [1.807, 2.05) is 48.7 Å². The molecule has 1 aromatic heterocycles. The number of hydrogen-bond acceptors (Lipinski definition) is 5. The smallest absolute Gasteiger partial charge is 0.251 e. The molecule has 1 unspecified atom stereocenters. The summed E-state index contributed by atoms with van der Waals surface area (Å²) in [6.07, 6.45) is 1.37. The molecule has 1 aliphatic heterocycles. The van der Waals surface area contributed by atoms with Crippen molar-refractivity contribution < 1.29 is 17.9 Å². The zero-order chi connectivity index (χ0) is 23.3. The maximum Gasteiger partial charge on any atom is 0.251 e. The fourth-order valence-corrected chi connectivity index (χ4v) is 6.19. The average Bonchev–Trinajstić information content (AvgIpc) is 3.32. The Morgan fingerprint density at radius 3 is 2.79 bits per heavy atom. The number of thiophene rings is 1. The molecule has 6 nitrogen and oxygen atoms in total. The van der Waals surface area contributed by atoms with E-state index in [0.29, 0.717) is 38.2 Å².